The van der Waals surface area contributed by atoms with Crippen LogP contribution < -0.4 is 0 Å². The maximum atomic E-state index is 14.0. The molecule has 1 aromatic carbocycles. The second-order valence-corrected chi connectivity index (χ2v) is 19.0. The number of halogens is 4. The van der Waals surface area contributed by atoms with Gasteiger partial charge in [0.2, 0.25) is 0 Å². The minimum atomic E-state index is -0.271. The number of benzene rings is 1. The molecule has 8 nitrogen and oxygen atoms in total. The van der Waals surface area contributed by atoms with Crippen molar-refractivity contribution >= 4 is 33.5 Å². The zero-order chi connectivity index (χ0) is 48.5. The average Bonchev–Trinajstić information content (AvgIpc) is 3.95. The molecule has 12 heteroatoms. The number of imidazole rings is 4. The summed E-state index contributed by atoms with van der Waals surface area (Å²) in [5.41, 5.74) is 12.1. The fraction of sp³-hybridized carbons (Fsp3) is 0.434. The van der Waals surface area contributed by atoms with Crippen LogP contribution in [0.15, 0.2) is 61.7 Å². The largest absolute Gasteiger partial charge is 0.326 e. The van der Waals surface area contributed by atoms with Gasteiger partial charge in [-0.15, -0.1) is 0 Å². The van der Waals surface area contributed by atoms with Crippen LogP contribution in [0.3, 0.4) is 0 Å². The van der Waals surface area contributed by atoms with Crippen LogP contribution in [0.2, 0.25) is 0 Å². The van der Waals surface area contributed by atoms with Crippen LogP contribution in [0, 0.1) is 51.0 Å². The number of pyridine rings is 3. The van der Waals surface area contributed by atoms with Gasteiger partial charge >= 0.3 is 0 Å². The Hall–Kier alpha value is -5.78. The van der Waals surface area contributed by atoms with Crippen molar-refractivity contribution in [2.45, 2.75) is 153 Å². The Balaban J connectivity index is 0.000000163. The second kappa shape index (κ2) is 20.2. The lowest BCUT2D eigenvalue weighted by Gasteiger charge is -2.12. The third-order valence-corrected chi connectivity index (χ3v) is 11.5. The van der Waals surface area contributed by atoms with Gasteiger partial charge in [0.1, 0.15) is 11.3 Å². The fourth-order valence-corrected chi connectivity index (χ4v) is 8.12. The van der Waals surface area contributed by atoms with Gasteiger partial charge in [-0.1, -0.05) is 75.8 Å². The number of hydrogen-bond donors (Lipinski definition) is 0. The summed E-state index contributed by atoms with van der Waals surface area (Å²) >= 11 is 0. The highest BCUT2D eigenvalue weighted by molar-refractivity contribution is 5.78. The molecule has 7 aromatic heterocycles. The summed E-state index contributed by atoms with van der Waals surface area (Å²) in [6.45, 7) is 38.3. The summed E-state index contributed by atoms with van der Waals surface area (Å²) in [5.74, 6) is 1.50. The summed E-state index contributed by atoms with van der Waals surface area (Å²) in [4.78, 5) is 17.0. The van der Waals surface area contributed by atoms with Gasteiger partial charge in [-0.25, -0.2) is 37.5 Å². The lowest BCUT2D eigenvalue weighted by atomic mass is 10.0. The van der Waals surface area contributed by atoms with E-state index in [-0.39, 0.29) is 29.2 Å². The summed E-state index contributed by atoms with van der Waals surface area (Å²) < 4.78 is 63.0. The number of hydrogen-bond acceptors (Lipinski definition) is 4. The molecule has 0 bridgehead atoms. The Labute approximate surface area is 382 Å². The van der Waals surface area contributed by atoms with Crippen LogP contribution >= 0.6 is 0 Å². The Bertz CT molecular complexity index is 2870. The van der Waals surface area contributed by atoms with E-state index < -0.39 is 0 Å². The van der Waals surface area contributed by atoms with Gasteiger partial charge in [0.05, 0.1) is 28.3 Å². The highest BCUT2D eigenvalue weighted by Crippen LogP contribution is 2.29. The smallest absolute Gasteiger partial charge is 0.173 e. The van der Waals surface area contributed by atoms with E-state index >= 15 is 0 Å². The minimum absolute atomic E-state index is 0.214. The van der Waals surface area contributed by atoms with Gasteiger partial charge in [-0.2, -0.15) is 0 Å². The maximum absolute atomic E-state index is 14.0. The van der Waals surface area contributed by atoms with Crippen LogP contribution in [0.4, 0.5) is 17.6 Å². The first-order valence-corrected chi connectivity index (χ1v) is 22.7. The van der Waals surface area contributed by atoms with E-state index in [2.05, 4.69) is 92.5 Å². The second-order valence-electron chi connectivity index (χ2n) is 19.0. The Morgan fingerprint density at radius 3 is 1.46 bits per heavy atom. The molecule has 0 atom stereocenters. The van der Waals surface area contributed by atoms with Crippen molar-refractivity contribution in [3.63, 3.8) is 0 Å². The molecule has 0 unspecified atom stereocenters. The monoisotopic (exact) mass is 893 g/mol. The van der Waals surface area contributed by atoms with E-state index in [1.807, 2.05) is 95.9 Å². The zero-order valence-corrected chi connectivity index (χ0v) is 41.5. The third kappa shape index (κ3) is 10.9. The molecule has 0 N–H and O–H groups in total. The van der Waals surface area contributed by atoms with E-state index in [9.17, 15) is 17.6 Å². The average molecular weight is 893 g/mol. The molecule has 0 saturated heterocycles. The summed E-state index contributed by atoms with van der Waals surface area (Å²) in [5, 5.41) is 0. The van der Waals surface area contributed by atoms with Crippen molar-refractivity contribution in [2.24, 2.45) is 0 Å². The molecule has 0 spiro atoms. The number of aryl methyl sites for hydroxylation is 4. The first-order valence-electron chi connectivity index (χ1n) is 22.7. The fourth-order valence-electron chi connectivity index (χ4n) is 8.12. The number of nitrogens with zero attached hydrogens (tertiary/aromatic N) is 8. The number of aromatic nitrogens is 8. The van der Waals surface area contributed by atoms with Crippen LogP contribution in [0.1, 0.15) is 182 Å². The SMILES string of the molecule is C=C(C)c1c(C)nc2c(F)cc(C(C)C)cn12.Cc1cn2cc(C(C)C)cc(F)c2n1.Cc1nc2c(F)cc(C(C)C)cc2n1C(C)C.Cc1nc2c(F)cc(C(C)C)cn2c1C(C)C. The summed E-state index contributed by atoms with van der Waals surface area (Å²) in [6, 6.07) is 8.67. The Morgan fingerprint density at radius 1 is 0.508 bits per heavy atom. The molecular weight excluding hydrogens is 825 g/mol. The van der Waals surface area contributed by atoms with E-state index in [4.69, 9.17) is 0 Å². The molecule has 8 aromatic rings. The number of rotatable bonds is 7. The normalized spacial score (nSPS) is 11.7. The molecule has 65 heavy (non-hydrogen) atoms. The van der Waals surface area contributed by atoms with Crippen molar-refractivity contribution in [1.29, 1.82) is 0 Å². The van der Waals surface area contributed by atoms with Crippen molar-refractivity contribution in [3.8, 4) is 0 Å². The molecule has 0 radical (unpaired) electrons. The van der Waals surface area contributed by atoms with E-state index in [0.29, 0.717) is 52.2 Å². The predicted molar refractivity (Wildman–Crippen MR) is 260 cm³/mol. The van der Waals surface area contributed by atoms with Crippen molar-refractivity contribution in [3.05, 3.63) is 142 Å². The molecule has 348 valence electrons. The first kappa shape index (κ1) is 50.2. The topological polar surface area (TPSA) is 69.7 Å². The highest BCUT2D eigenvalue weighted by atomic mass is 19.1. The molecule has 0 aliphatic rings. The standard InChI is InChI=1S/C14H19FN2.C14H17FN2.C14H19FN2.C11H13FN2/c2*1-8(2)11-6-12(15)14-16-10(5)13(9(3)4)17(14)7-11;1-8(2)11-6-12(15)14-13(7-11)17(9(3)4)10(5)16-14;1-7(2)9-4-10(12)11-13-8(3)5-14(11)6-9/h6-9H,1-5H3;6-8H,3H2,1-2,4-5H3;6-9H,1-5H3;4-7H,1-3H3. The predicted octanol–water partition coefficient (Wildman–Crippen LogP) is 15.1. The first-order chi connectivity index (χ1) is 30.3. The van der Waals surface area contributed by atoms with Gasteiger partial charge in [-0.05, 0) is 136 Å². The molecule has 0 amide bonds. The Kier molecular flexibility index (Phi) is 15.6. The van der Waals surface area contributed by atoms with Crippen molar-refractivity contribution < 1.29 is 17.6 Å². The number of allylic oxidation sites excluding steroid dienone is 1. The van der Waals surface area contributed by atoms with Crippen LogP contribution in [-0.4, -0.2) is 37.7 Å². The lowest BCUT2D eigenvalue weighted by Crippen LogP contribution is -2.03. The minimum Gasteiger partial charge on any atom is -0.326 e. The van der Waals surface area contributed by atoms with E-state index in [1.54, 1.807) is 28.7 Å². The van der Waals surface area contributed by atoms with Crippen LogP contribution in [-0.2, 0) is 0 Å². The van der Waals surface area contributed by atoms with E-state index in [1.165, 1.54) is 0 Å². The zero-order valence-electron chi connectivity index (χ0n) is 41.5. The van der Waals surface area contributed by atoms with Gasteiger partial charge in [0.15, 0.2) is 40.2 Å². The Morgan fingerprint density at radius 2 is 0.969 bits per heavy atom. The molecule has 0 fully saturated rings. The van der Waals surface area contributed by atoms with Crippen molar-refractivity contribution in [1.82, 2.24) is 37.7 Å². The van der Waals surface area contributed by atoms with E-state index in [0.717, 1.165) is 67.6 Å². The molecule has 0 aliphatic carbocycles. The molecule has 0 saturated carbocycles. The van der Waals surface area contributed by atoms with Gasteiger partial charge in [-0.3, -0.25) is 4.40 Å². The van der Waals surface area contributed by atoms with Gasteiger partial charge in [0, 0.05) is 36.5 Å². The highest BCUT2D eigenvalue weighted by Gasteiger charge is 2.19. The number of fused-ring (bicyclic) bond motifs is 4. The van der Waals surface area contributed by atoms with Crippen molar-refractivity contribution in [2.75, 3.05) is 0 Å². The molecular formula is C53H68F4N8. The van der Waals surface area contributed by atoms with Gasteiger partial charge in [0.25, 0.3) is 0 Å². The quantitative estimate of drug-likeness (QED) is 0.149. The summed E-state index contributed by atoms with van der Waals surface area (Å²) in [6.07, 6.45) is 7.74. The molecule has 7 heterocycles. The molecule has 8 rings (SSSR count). The van der Waals surface area contributed by atoms with Crippen LogP contribution in [0.5, 0.6) is 0 Å². The van der Waals surface area contributed by atoms with Crippen LogP contribution in [0.25, 0.3) is 33.5 Å². The third-order valence-electron chi connectivity index (χ3n) is 11.5. The summed E-state index contributed by atoms with van der Waals surface area (Å²) in [7, 11) is 0. The lowest BCUT2D eigenvalue weighted by molar-refractivity contribution is 0.599. The van der Waals surface area contributed by atoms with Gasteiger partial charge < -0.3 is 13.4 Å². The molecule has 0 aliphatic heterocycles. The maximum Gasteiger partial charge on any atom is 0.173 e.